The third-order valence-electron chi connectivity index (χ3n) is 2.79. The van der Waals surface area contributed by atoms with Gasteiger partial charge in [0.15, 0.2) is 0 Å². The van der Waals surface area contributed by atoms with Crippen LogP contribution in [0.25, 0.3) is 0 Å². The normalized spacial score (nSPS) is 24.2. The third kappa shape index (κ3) is 6.05. The summed E-state index contributed by atoms with van der Waals surface area (Å²) in [5, 5.41) is 6.37. The highest BCUT2D eigenvalue weighted by Gasteiger charge is 2.39. The van der Waals surface area contributed by atoms with E-state index in [0.29, 0.717) is 12.1 Å². The predicted molar refractivity (Wildman–Crippen MR) is 73.6 cm³/mol. The quantitative estimate of drug-likeness (QED) is 0.716. The molecule has 3 atom stereocenters. The van der Waals surface area contributed by atoms with Crippen molar-refractivity contribution in [3.05, 3.63) is 12.7 Å². The first-order valence-corrected chi connectivity index (χ1v) is 6.68. The Morgan fingerprint density at radius 3 is 2.72 bits per heavy atom. The molecule has 1 rings (SSSR count). The Morgan fingerprint density at radius 1 is 1.50 bits per heavy atom. The van der Waals surface area contributed by atoms with Crippen molar-refractivity contribution in [2.45, 2.75) is 70.7 Å². The van der Waals surface area contributed by atoms with Crippen LogP contribution in [-0.4, -0.2) is 29.8 Å². The molecule has 1 aliphatic rings. The van der Waals surface area contributed by atoms with E-state index in [0.717, 1.165) is 19.3 Å². The topological polar surface area (TPSA) is 50.4 Å². The minimum absolute atomic E-state index is 0.214. The van der Waals surface area contributed by atoms with E-state index >= 15 is 0 Å². The fourth-order valence-corrected chi connectivity index (χ4v) is 1.81. The Bertz CT molecular complexity index is 297. The molecule has 4 nitrogen and oxygen atoms in total. The number of hydrogen-bond donors (Lipinski definition) is 2. The Balaban J connectivity index is 2.17. The van der Waals surface area contributed by atoms with Gasteiger partial charge in [-0.05, 0) is 47.0 Å². The van der Waals surface area contributed by atoms with Crippen LogP contribution in [0.1, 0.15) is 47.0 Å². The van der Waals surface area contributed by atoms with Crippen molar-refractivity contribution in [1.29, 1.82) is 0 Å². The summed E-state index contributed by atoms with van der Waals surface area (Å²) in [6, 6.07) is 1.06. The molecule has 0 radical (unpaired) electrons. The largest absolute Gasteiger partial charge is 0.444 e. The molecule has 0 aromatic carbocycles. The Hall–Kier alpha value is -1.03. The van der Waals surface area contributed by atoms with Gasteiger partial charge in [0, 0.05) is 18.1 Å². The zero-order valence-electron chi connectivity index (χ0n) is 12.0. The van der Waals surface area contributed by atoms with Crippen LogP contribution in [0.5, 0.6) is 0 Å². The zero-order chi connectivity index (χ0) is 13.8. The molecule has 1 aliphatic carbocycles. The van der Waals surface area contributed by atoms with E-state index in [1.165, 1.54) is 0 Å². The van der Waals surface area contributed by atoms with Crippen molar-refractivity contribution in [3.8, 4) is 0 Å². The molecule has 104 valence electrons. The highest BCUT2D eigenvalue weighted by atomic mass is 16.6. The molecule has 0 aromatic rings. The molecule has 18 heavy (non-hydrogen) atoms. The summed E-state index contributed by atoms with van der Waals surface area (Å²) >= 11 is 0. The van der Waals surface area contributed by atoms with Crippen LogP contribution < -0.4 is 10.6 Å². The van der Waals surface area contributed by atoms with Crippen LogP contribution in [0.4, 0.5) is 4.79 Å². The number of rotatable bonds is 6. The summed E-state index contributed by atoms with van der Waals surface area (Å²) < 4.78 is 5.22. The van der Waals surface area contributed by atoms with Gasteiger partial charge in [-0.3, -0.25) is 0 Å². The van der Waals surface area contributed by atoms with Gasteiger partial charge < -0.3 is 15.4 Å². The molecule has 0 saturated heterocycles. The lowest BCUT2D eigenvalue weighted by molar-refractivity contribution is 0.0522. The van der Waals surface area contributed by atoms with Crippen LogP contribution in [0.2, 0.25) is 0 Å². The lowest BCUT2D eigenvalue weighted by Crippen LogP contribution is -2.38. The summed E-state index contributed by atoms with van der Waals surface area (Å²) in [5.41, 5.74) is -0.431. The molecule has 1 amide bonds. The molecular formula is C14H26N2O2. The maximum Gasteiger partial charge on any atom is 0.407 e. The second-order valence-electron chi connectivity index (χ2n) is 6.03. The highest BCUT2D eigenvalue weighted by Crippen LogP contribution is 2.23. The fourth-order valence-electron chi connectivity index (χ4n) is 1.81. The first kappa shape index (κ1) is 15.0. The van der Waals surface area contributed by atoms with Crippen molar-refractivity contribution >= 4 is 6.09 Å². The molecule has 1 fully saturated rings. The number of allylic oxidation sites excluding steroid dienone is 1. The third-order valence-corrected chi connectivity index (χ3v) is 2.79. The van der Waals surface area contributed by atoms with Gasteiger partial charge in [-0.1, -0.05) is 6.08 Å². The zero-order valence-corrected chi connectivity index (χ0v) is 12.0. The van der Waals surface area contributed by atoms with Crippen molar-refractivity contribution in [2.24, 2.45) is 0 Å². The molecule has 4 heteroatoms. The first-order valence-electron chi connectivity index (χ1n) is 6.68. The van der Waals surface area contributed by atoms with E-state index in [4.69, 9.17) is 4.74 Å². The molecule has 0 aromatic heterocycles. The molecule has 0 aliphatic heterocycles. The number of amides is 1. The maximum absolute atomic E-state index is 11.5. The molecule has 3 unspecified atom stereocenters. The standard InChI is InChI=1S/C14H26N2O2/c1-6-7-8-10(2)15-11-9-12(11)16-13(17)18-14(3,4)5/h6,10-12,15H,1,7-9H2,2-5H3,(H,16,17). The van der Waals surface area contributed by atoms with Gasteiger partial charge in [0.1, 0.15) is 5.60 Å². The lowest BCUT2D eigenvalue weighted by Gasteiger charge is -2.20. The maximum atomic E-state index is 11.5. The molecule has 0 spiro atoms. The van der Waals surface area contributed by atoms with Gasteiger partial charge in [0.2, 0.25) is 0 Å². The predicted octanol–water partition coefficient (Wildman–Crippen LogP) is 2.60. The summed E-state index contributed by atoms with van der Waals surface area (Å²) in [7, 11) is 0. The van der Waals surface area contributed by atoms with Gasteiger partial charge in [-0.15, -0.1) is 6.58 Å². The summed E-state index contributed by atoms with van der Waals surface area (Å²) in [5.74, 6) is 0. The average molecular weight is 254 g/mol. The van der Waals surface area contributed by atoms with Crippen LogP contribution >= 0.6 is 0 Å². The van der Waals surface area contributed by atoms with Gasteiger partial charge in [0.05, 0.1) is 0 Å². The van der Waals surface area contributed by atoms with Crippen molar-refractivity contribution < 1.29 is 9.53 Å². The highest BCUT2D eigenvalue weighted by molar-refractivity contribution is 5.68. The number of hydrogen-bond acceptors (Lipinski definition) is 3. The summed E-state index contributed by atoms with van der Waals surface area (Å²) in [4.78, 5) is 11.5. The average Bonchev–Trinajstić information content (AvgIpc) is 2.90. The van der Waals surface area contributed by atoms with Crippen molar-refractivity contribution in [3.63, 3.8) is 0 Å². The van der Waals surface area contributed by atoms with Gasteiger partial charge in [0.25, 0.3) is 0 Å². The number of carbonyl (C=O) groups excluding carboxylic acids is 1. The summed E-state index contributed by atoms with van der Waals surface area (Å²) in [6.45, 7) is 11.5. The molecule has 2 N–H and O–H groups in total. The van der Waals surface area contributed by atoms with Crippen LogP contribution in [-0.2, 0) is 4.74 Å². The van der Waals surface area contributed by atoms with E-state index in [2.05, 4.69) is 24.1 Å². The van der Waals surface area contributed by atoms with E-state index in [1.54, 1.807) is 0 Å². The van der Waals surface area contributed by atoms with E-state index < -0.39 is 5.60 Å². The number of carbonyl (C=O) groups is 1. The van der Waals surface area contributed by atoms with Gasteiger partial charge in [-0.25, -0.2) is 4.79 Å². The molecule has 0 heterocycles. The fraction of sp³-hybridized carbons (Fsp3) is 0.786. The summed E-state index contributed by atoms with van der Waals surface area (Å²) in [6.07, 6.45) is 4.69. The number of nitrogens with one attached hydrogen (secondary N) is 2. The second-order valence-corrected chi connectivity index (χ2v) is 6.03. The Kier molecular flexibility index (Phi) is 5.20. The minimum Gasteiger partial charge on any atom is -0.444 e. The Morgan fingerprint density at radius 2 is 2.17 bits per heavy atom. The van der Waals surface area contributed by atoms with Gasteiger partial charge in [-0.2, -0.15) is 0 Å². The van der Waals surface area contributed by atoms with E-state index in [1.807, 2.05) is 26.8 Å². The first-order chi connectivity index (χ1) is 8.31. The minimum atomic E-state index is -0.431. The van der Waals surface area contributed by atoms with Crippen LogP contribution in [0, 0.1) is 0 Å². The van der Waals surface area contributed by atoms with Gasteiger partial charge >= 0.3 is 6.09 Å². The number of alkyl carbamates (subject to hydrolysis) is 1. The lowest BCUT2D eigenvalue weighted by atomic mass is 10.2. The molecule has 0 bridgehead atoms. The smallest absolute Gasteiger partial charge is 0.407 e. The Labute approximate surface area is 110 Å². The molecular weight excluding hydrogens is 228 g/mol. The van der Waals surface area contributed by atoms with Crippen molar-refractivity contribution in [1.82, 2.24) is 10.6 Å². The SMILES string of the molecule is C=CCCC(C)NC1CC1NC(=O)OC(C)(C)C. The monoisotopic (exact) mass is 254 g/mol. The van der Waals surface area contributed by atoms with E-state index in [9.17, 15) is 4.79 Å². The second kappa shape index (κ2) is 6.23. The van der Waals surface area contributed by atoms with Crippen LogP contribution in [0.3, 0.4) is 0 Å². The van der Waals surface area contributed by atoms with E-state index in [-0.39, 0.29) is 12.1 Å². The molecule has 1 saturated carbocycles. The van der Waals surface area contributed by atoms with Crippen molar-refractivity contribution in [2.75, 3.05) is 0 Å². The number of ether oxygens (including phenoxy) is 1. The van der Waals surface area contributed by atoms with Crippen LogP contribution in [0.15, 0.2) is 12.7 Å².